The lowest BCUT2D eigenvalue weighted by Gasteiger charge is -2.00. The van der Waals surface area contributed by atoms with Crippen molar-refractivity contribution in [3.05, 3.63) is 39.4 Å². The Bertz CT molecular complexity index is 581. The molecule has 0 radical (unpaired) electrons. The molecule has 5 heteroatoms. The predicted octanol–water partition coefficient (Wildman–Crippen LogP) is 4.10. The first kappa shape index (κ1) is 13.0. The van der Waals surface area contributed by atoms with Crippen LogP contribution in [0.15, 0.2) is 23.6 Å². The summed E-state index contributed by atoms with van der Waals surface area (Å²) in [7, 11) is 0. The molecule has 0 bridgehead atoms. The summed E-state index contributed by atoms with van der Waals surface area (Å²) in [4.78, 5) is 4.54. The van der Waals surface area contributed by atoms with Gasteiger partial charge in [0.1, 0.15) is 10.8 Å². The first-order valence-corrected chi connectivity index (χ1v) is 7.58. The molecule has 1 aliphatic carbocycles. The summed E-state index contributed by atoms with van der Waals surface area (Å²) in [6.07, 6.45) is 2.70. The minimum atomic E-state index is -0.396. The van der Waals surface area contributed by atoms with Gasteiger partial charge in [-0.25, -0.2) is 9.37 Å². The number of halogens is 2. The van der Waals surface area contributed by atoms with Crippen molar-refractivity contribution in [2.75, 3.05) is 6.54 Å². The van der Waals surface area contributed by atoms with Crippen LogP contribution in [0.4, 0.5) is 4.39 Å². The Morgan fingerprint density at radius 3 is 3.00 bits per heavy atom. The molecule has 1 aromatic carbocycles. The van der Waals surface area contributed by atoms with E-state index >= 15 is 0 Å². The van der Waals surface area contributed by atoms with Gasteiger partial charge in [0.2, 0.25) is 0 Å². The van der Waals surface area contributed by atoms with Gasteiger partial charge in [-0.15, -0.1) is 11.3 Å². The van der Waals surface area contributed by atoms with Crippen molar-refractivity contribution in [2.45, 2.75) is 19.4 Å². The first-order chi connectivity index (χ1) is 9.22. The molecule has 1 saturated carbocycles. The van der Waals surface area contributed by atoms with Crippen LogP contribution < -0.4 is 5.32 Å². The molecule has 2 aromatic rings. The molecule has 100 valence electrons. The van der Waals surface area contributed by atoms with Crippen LogP contribution in [-0.2, 0) is 6.54 Å². The number of hydrogen-bond donors (Lipinski definition) is 1. The standard InChI is InChI=1S/C14H14ClFN2S/c15-11-5-10(3-4-12(11)16)13-8-19-14(18-13)7-17-6-9-1-2-9/h3-5,8-9,17H,1-2,6-7H2. The quantitative estimate of drug-likeness (QED) is 0.898. The maximum absolute atomic E-state index is 13.1. The van der Waals surface area contributed by atoms with E-state index in [0.29, 0.717) is 0 Å². The van der Waals surface area contributed by atoms with Crippen molar-refractivity contribution < 1.29 is 4.39 Å². The first-order valence-electron chi connectivity index (χ1n) is 6.33. The van der Waals surface area contributed by atoms with Crippen molar-refractivity contribution in [3.63, 3.8) is 0 Å². The van der Waals surface area contributed by atoms with E-state index in [1.54, 1.807) is 23.5 Å². The highest BCUT2D eigenvalue weighted by molar-refractivity contribution is 7.09. The Kier molecular flexibility index (Phi) is 3.82. The van der Waals surface area contributed by atoms with Gasteiger partial charge in [0.05, 0.1) is 10.7 Å². The SMILES string of the molecule is Fc1ccc(-c2csc(CNCC3CC3)n2)cc1Cl. The van der Waals surface area contributed by atoms with Crippen LogP contribution in [0, 0.1) is 11.7 Å². The van der Waals surface area contributed by atoms with E-state index in [1.165, 1.54) is 18.9 Å². The lowest BCUT2D eigenvalue weighted by molar-refractivity contribution is 0.628. The second-order valence-corrected chi connectivity index (χ2v) is 6.18. The number of thiazole rings is 1. The van der Waals surface area contributed by atoms with Gasteiger partial charge in [0.15, 0.2) is 0 Å². The number of benzene rings is 1. The monoisotopic (exact) mass is 296 g/mol. The maximum Gasteiger partial charge on any atom is 0.141 e. The zero-order valence-corrected chi connectivity index (χ0v) is 11.9. The molecule has 0 amide bonds. The normalized spacial score (nSPS) is 14.8. The Morgan fingerprint density at radius 1 is 1.42 bits per heavy atom. The van der Waals surface area contributed by atoms with Gasteiger partial charge in [-0.2, -0.15) is 0 Å². The average Bonchev–Trinajstić information content (AvgIpc) is 3.10. The third-order valence-corrected chi connectivity index (χ3v) is 4.31. The molecule has 3 rings (SSSR count). The topological polar surface area (TPSA) is 24.9 Å². The zero-order valence-electron chi connectivity index (χ0n) is 10.3. The number of hydrogen-bond acceptors (Lipinski definition) is 3. The summed E-state index contributed by atoms with van der Waals surface area (Å²) in [5, 5.41) is 6.58. The molecule has 1 aliphatic rings. The van der Waals surface area contributed by atoms with E-state index in [4.69, 9.17) is 11.6 Å². The summed E-state index contributed by atoms with van der Waals surface area (Å²) >= 11 is 7.40. The maximum atomic E-state index is 13.1. The molecule has 1 heterocycles. The molecular formula is C14H14ClFN2S. The van der Waals surface area contributed by atoms with Gasteiger partial charge in [-0.3, -0.25) is 0 Å². The van der Waals surface area contributed by atoms with Crippen molar-refractivity contribution in [2.24, 2.45) is 5.92 Å². The predicted molar refractivity (Wildman–Crippen MR) is 76.9 cm³/mol. The summed E-state index contributed by atoms with van der Waals surface area (Å²) in [5.41, 5.74) is 1.71. The van der Waals surface area contributed by atoms with Crippen molar-refractivity contribution in [1.82, 2.24) is 10.3 Å². The molecule has 1 aromatic heterocycles. The lowest BCUT2D eigenvalue weighted by Crippen LogP contribution is -2.15. The Labute approximate surface area is 120 Å². The second-order valence-electron chi connectivity index (χ2n) is 4.83. The number of nitrogens with one attached hydrogen (secondary N) is 1. The third kappa shape index (κ3) is 3.32. The highest BCUT2D eigenvalue weighted by atomic mass is 35.5. The molecule has 2 nitrogen and oxygen atoms in total. The van der Waals surface area contributed by atoms with E-state index in [2.05, 4.69) is 10.3 Å². The summed E-state index contributed by atoms with van der Waals surface area (Å²) in [6.45, 7) is 1.88. The number of rotatable bonds is 5. The minimum absolute atomic E-state index is 0.138. The molecule has 19 heavy (non-hydrogen) atoms. The third-order valence-electron chi connectivity index (χ3n) is 3.17. The Balaban J connectivity index is 1.67. The van der Waals surface area contributed by atoms with E-state index in [1.807, 2.05) is 5.38 Å². The van der Waals surface area contributed by atoms with Crippen LogP contribution in [0.25, 0.3) is 11.3 Å². The second kappa shape index (κ2) is 5.57. The fourth-order valence-corrected chi connectivity index (χ4v) is 2.84. The minimum Gasteiger partial charge on any atom is -0.310 e. The van der Waals surface area contributed by atoms with E-state index in [9.17, 15) is 4.39 Å². The zero-order chi connectivity index (χ0) is 13.2. The van der Waals surface area contributed by atoms with Crippen LogP contribution in [0.2, 0.25) is 5.02 Å². The van der Waals surface area contributed by atoms with Crippen molar-refractivity contribution in [3.8, 4) is 11.3 Å². The smallest absolute Gasteiger partial charge is 0.141 e. The molecule has 0 aliphatic heterocycles. The van der Waals surface area contributed by atoms with Crippen LogP contribution in [-0.4, -0.2) is 11.5 Å². The molecule has 0 saturated heterocycles. The number of aromatic nitrogens is 1. The molecular weight excluding hydrogens is 283 g/mol. The van der Waals surface area contributed by atoms with Gasteiger partial charge in [0.25, 0.3) is 0 Å². The van der Waals surface area contributed by atoms with Gasteiger partial charge in [-0.05, 0) is 43.5 Å². The summed E-state index contributed by atoms with van der Waals surface area (Å²) in [6, 6.07) is 4.70. The van der Waals surface area contributed by atoms with E-state index < -0.39 is 5.82 Å². The highest BCUT2D eigenvalue weighted by Gasteiger charge is 2.20. The molecule has 1 N–H and O–H groups in total. The fraction of sp³-hybridized carbons (Fsp3) is 0.357. The van der Waals surface area contributed by atoms with Gasteiger partial charge in [-0.1, -0.05) is 11.6 Å². The van der Waals surface area contributed by atoms with Gasteiger partial charge in [0, 0.05) is 17.5 Å². The van der Waals surface area contributed by atoms with Crippen molar-refractivity contribution in [1.29, 1.82) is 0 Å². The molecule has 0 unspecified atom stereocenters. The van der Waals surface area contributed by atoms with Crippen LogP contribution in [0.3, 0.4) is 0 Å². The van der Waals surface area contributed by atoms with Crippen molar-refractivity contribution >= 4 is 22.9 Å². The lowest BCUT2D eigenvalue weighted by atomic mass is 10.2. The Morgan fingerprint density at radius 2 is 2.26 bits per heavy atom. The molecule has 0 spiro atoms. The Hall–Kier alpha value is -0.970. The van der Waals surface area contributed by atoms with Gasteiger partial charge >= 0.3 is 0 Å². The average molecular weight is 297 g/mol. The summed E-state index contributed by atoms with van der Waals surface area (Å²) < 4.78 is 13.1. The van der Waals surface area contributed by atoms with E-state index in [0.717, 1.165) is 35.3 Å². The molecule has 0 atom stereocenters. The fourth-order valence-electron chi connectivity index (χ4n) is 1.89. The van der Waals surface area contributed by atoms with Gasteiger partial charge < -0.3 is 5.32 Å². The number of nitrogens with zero attached hydrogens (tertiary/aromatic N) is 1. The van der Waals surface area contributed by atoms with E-state index in [-0.39, 0.29) is 5.02 Å². The van der Waals surface area contributed by atoms with Crippen LogP contribution >= 0.6 is 22.9 Å². The molecule has 1 fully saturated rings. The highest BCUT2D eigenvalue weighted by Crippen LogP contribution is 2.28. The van der Waals surface area contributed by atoms with Crippen LogP contribution in [0.5, 0.6) is 0 Å². The van der Waals surface area contributed by atoms with Crippen LogP contribution in [0.1, 0.15) is 17.8 Å². The summed E-state index contributed by atoms with van der Waals surface area (Å²) in [5.74, 6) is 0.474. The largest absolute Gasteiger partial charge is 0.310 e.